The maximum atomic E-state index is 12.2. The zero-order valence-corrected chi connectivity index (χ0v) is 15.0. The van der Waals surface area contributed by atoms with E-state index in [-0.39, 0.29) is 17.9 Å². The van der Waals surface area contributed by atoms with Gasteiger partial charge in [0.15, 0.2) is 9.84 Å². The standard InChI is InChI=1S/C12H13Br2NO5S/c1-7-2-3-8(12(14)11(7)13)21(19,20)6-9(16)15-5-4-10(17)18/h2-3H,4-6H2,1H3,(H,15,16)(H,17,18). The Bertz CT molecular complexity index is 672. The van der Waals surface area contributed by atoms with Gasteiger partial charge in [-0.05, 0) is 50.4 Å². The van der Waals surface area contributed by atoms with Crippen LogP contribution in [-0.4, -0.2) is 37.7 Å². The minimum atomic E-state index is -3.82. The lowest BCUT2D eigenvalue weighted by atomic mass is 10.2. The molecule has 1 aromatic carbocycles. The second-order valence-electron chi connectivity index (χ2n) is 4.26. The molecule has 0 aliphatic rings. The second-order valence-corrected chi connectivity index (χ2v) is 7.81. The second kappa shape index (κ2) is 7.37. The Balaban J connectivity index is 2.85. The third-order valence-corrected chi connectivity index (χ3v) is 6.85. The van der Waals surface area contributed by atoms with Crippen molar-refractivity contribution >= 4 is 53.6 Å². The molecule has 0 atom stereocenters. The number of carbonyl (C=O) groups excluding carboxylic acids is 1. The van der Waals surface area contributed by atoms with Gasteiger partial charge in [-0.2, -0.15) is 0 Å². The van der Waals surface area contributed by atoms with Crippen LogP contribution in [0.1, 0.15) is 12.0 Å². The van der Waals surface area contributed by atoms with Crippen molar-refractivity contribution in [3.63, 3.8) is 0 Å². The monoisotopic (exact) mass is 441 g/mol. The molecule has 0 radical (unpaired) electrons. The van der Waals surface area contributed by atoms with Crippen molar-refractivity contribution in [3.05, 3.63) is 26.6 Å². The molecule has 0 spiro atoms. The topological polar surface area (TPSA) is 101 Å². The number of hydrogen-bond acceptors (Lipinski definition) is 4. The number of amides is 1. The van der Waals surface area contributed by atoms with E-state index in [1.165, 1.54) is 6.07 Å². The fourth-order valence-corrected chi connectivity index (χ4v) is 4.39. The van der Waals surface area contributed by atoms with Crippen molar-refractivity contribution in [1.82, 2.24) is 5.32 Å². The Morgan fingerprint density at radius 1 is 1.24 bits per heavy atom. The van der Waals surface area contributed by atoms with Gasteiger partial charge in [0.2, 0.25) is 5.91 Å². The largest absolute Gasteiger partial charge is 0.481 e. The molecule has 1 rings (SSSR count). The molecule has 21 heavy (non-hydrogen) atoms. The Morgan fingerprint density at radius 3 is 2.43 bits per heavy atom. The first-order chi connectivity index (χ1) is 9.65. The SMILES string of the molecule is Cc1ccc(S(=O)(=O)CC(=O)NCCC(=O)O)c(Br)c1Br. The molecule has 0 fully saturated rings. The van der Waals surface area contributed by atoms with E-state index in [2.05, 4.69) is 37.2 Å². The van der Waals surface area contributed by atoms with Crippen molar-refractivity contribution in [1.29, 1.82) is 0 Å². The zero-order chi connectivity index (χ0) is 16.2. The van der Waals surface area contributed by atoms with Gasteiger partial charge >= 0.3 is 5.97 Å². The average Bonchev–Trinajstić information content (AvgIpc) is 2.34. The van der Waals surface area contributed by atoms with Gasteiger partial charge in [0, 0.05) is 11.0 Å². The number of benzene rings is 1. The molecule has 1 aromatic rings. The lowest BCUT2D eigenvalue weighted by Crippen LogP contribution is -2.32. The summed E-state index contributed by atoms with van der Waals surface area (Å²) in [6.45, 7) is 1.70. The van der Waals surface area contributed by atoms with Crippen molar-refractivity contribution in [2.24, 2.45) is 0 Å². The molecule has 0 saturated heterocycles. The summed E-state index contributed by atoms with van der Waals surface area (Å²) in [5.41, 5.74) is 0.853. The van der Waals surface area contributed by atoms with E-state index in [1.54, 1.807) is 6.07 Å². The minimum Gasteiger partial charge on any atom is -0.481 e. The van der Waals surface area contributed by atoms with Gasteiger partial charge in [-0.1, -0.05) is 6.07 Å². The Morgan fingerprint density at radius 2 is 1.86 bits per heavy atom. The minimum absolute atomic E-state index is 0.00774. The van der Waals surface area contributed by atoms with Crippen LogP contribution in [0, 0.1) is 6.92 Å². The molecule has 0 heterocycles. The lowest BCUT2D eigenvalue weighted by Gasteiger charge is -2.10. The lowest BCUT2D eigenvalue weighted by molar-refractivity contribution is -0.136. The first-order valence-corrected chi connectivity index (χ1v) is 9.05. The van der Waals surface area contributed by atoms with Crippen LogP contribution in [-0.2, 0) is 19.4 Å². The summed E-state index contributed by atoms with van der Waals surface area (Å²) in [7, 11) is -3.82. The first kappa shape index (κ1) is 18.1. The highest BCUT2D eigenvalue weighted by atomic mass is 79.9. The number of carboxylic acid groups (broad SMARTS) is 1. The fourth-order valence-electron chi connectivity index (χ4n) is 1.48. The number of carboxylic acids is 1. The predicted molar refractivity (Wildman–Crippen MR) is 83.9 cm³/mol. The molecular weight excluding hydrogens is 430 g/mol. The number of hydrogen-bond donors (Lipinski definition) is 2. The van der Waals surface area contributed by atoms with E-state index >= 15 is 0 Å². The van der Waals surface area contributed by atoms with Crippen molar-refractivity contribution in [2.45, 2.75) is 18.2 Å². The number of aryl methyl sites for hydroxylation is 1. The van der Waals surface area contributed by atoms with E-state index in [0.717, 1.165) is 5.56 Å². The van der Waals surface area contributed by atoms with Gasteiger partial charge in [-0.25, -0.2) is 8.42 Å². The highest BCUT2D eigenvalue weighted by Crippen LogP contribution is 2.33. The summed E-state index contributed by atoms with van der Waals surface area (Å²) in [6, 6.07) is 3.05. The molecular formula is C12H13Br2NO5S. The van der Waals surface area contributed by atoms with Crippen LogP contribution < -0.4 is 5.32 Å². The van der Waals surface area contributed by atoms with Crippen LogP contribution >= 0.6 is 31.9 Å². The smallest absolute Gasteiger partial charge is 0.305 e. The van der Waals surface area contributed by atoms with E-state index < -0.39 is 27.5 Å². The number of rotatable bonds is 6. The molecule has 6 nitrogen and oxygen atoms in total. The molecule has 0 aliphatic heterocycles. The molecule has 0 aromatic heterocycles. The van der Waals surface area contributed by atoms with Gasteiger partial charge in [-0.3, -0.25) is 9.59 Å². The Kier molecular flexibility index (Phi) is 6.36. The average molecular weight is 443 g/mol. The van der Waals surface area contributed by atoms with E-state index in [1.807, 2.05) is 6.92 Å². The molecule has 0 saturated carbocycles. The summed E-state index contributed by atoms with van der Waals surface area (Å²) in [6.07, 6.45) is -0.258. The third kappa shape index (κ3) is 5.08. The van der Waals surface area contributed by atoms with Crippen LogP contribution in [0.5, 0.6) is 0 Å². The van der Waals surface area contributed by atoms with Crippen LogP contribution in [0.2, 0.25) is 0 Å². The molecule has 116 valence electrons. The maximum absolute atomic E-state index is 12.2. The Hall–Kier alpha value is -0.930. The molecule has 0 aliphatic carbocycles. The normalized spacial score (nSPS) is 11.2. The third-order valence-electron chi connectivity index (χ3n) is 2.56. The van der Waals surface area contributed by atoms with Gasteiger partial charge in [0.05, 0.1) is 15.8 Å². The fraction of sp³-hybridized carbons (Fsp3) is 0.333. The van der Waals surface area contributed by atoms with Crippen LogP contribution in [0.15, 0.2) is 26.0 Å². The van der Waals surface area contributed by atoms with Gasteiger partial charge in [0.25, 0.3) is 0 Å². The van der Waals surface area contributed by atoms with Gasteiger partial charge in [0.1, 0.15) is 5.75 Å². The zero-order valence-electron chi connectivity index (χ0n) is 11.0. The van der Waals surface area contributed by atoms with Crippen molar-refractivity contribution < 1.29 is 23.1 Å². The number of carbonyl (C=O) groups is 2. The van der Waals surface area contributed by atoms with Crippen LogP contribution in [0.3, 0.4) is 0 Å². The van der Waals surface area contributed by atoms with Crippen molar-refractivity contribution in [2.75, 3.05) is 12.3 Å². The van der Waals surface area contributed by atoms with Gasteiger partial charge in [-0.15, -0.1) is 0 Å². The molecule has 1 amide bonds. The summed E-state index contributed by atoms with van der Waals surface area (Å²) in [5, 5.41) is 10.7. The highest BCUT2D eigenvalue weighted by molar-refractivity contribution is 9.13. The molecule has 0 unspecified atom stereocenters. The van der Waals surface area contributed by atoms with Crippen molar-refractivity contribution in [3.8, 4) is 0 Å². The Labute approximate surface area is 139 Å². The van der Waals surface area contributed by atoms with Crippen LogP contribution in [0.25, 0.3) is 0 Å². The predicted octanol–water partition coefficient (Wildman–Crippen LogP) is 1.88. The van der Waals surface area contributed by atoms with E-state index in [9.17, 15) is 18.0 Å². The number of halogens is 2. The summed E-state index contributed by atoms with van der Waals surface area (Å²) in [4.78, 5) is 21.9. The highest BCUT2D eigenvalue weighted by Gasteiger charge is 2.23. The molecule has 0 bridgehead atoms. The number of sulfone groups is 1. The van der Waals surface area contributed by atoms with Gasteiger partial charge < -0.3 is 10.4 Å². The van der Waals surface area contributed by atoms with E-state index in [4.69, 9.17) is 5.11 Å². The summed E-state index contributed by atoms with van der Waals surface area (Å²) >= 11 is 6.46. The number of aliphatic carboxylic acids is 1. The van der Waals surface area contributed by atoms with E-state index in [0.29, 0.717) is 8.95 Å². The molecule has 9 heteroatoms. The summed E-state index contributed by atoms with van der Waals surface area (Å²) < 4.78 is 25.4. The summed E-state index contributed by atoms with van der Waals surface area (Å²) in [5.74, 6) is -2.54. The first-order valence-electron chi connectivity index (χ1n) is 5.81. The van der Waals surface area contributed by atoms with Crippen LogP contribution in [0.4, 0.5) is 0 Å². The number of nitrogens with one attached hydrogen (secondary N) is 1. The quantitative estimate of drug-likeness (QED) is 0.700. The maximum Gasteiger partial charge on any atom is 0.305 e. The molecule has 2 N–H and O–H groups in total.